The minimum absolute atomic E-state index is 0. The zero-order chi connectivity index (χ0) is 13.7. The molecule has 0 saturated carbocycles. The maximum absolute atomic E-state index is 13.3. The minimum atomic E-state index is -0.129. The monoisotopic (exact) mass is 336 g/mol. The molecule has 0 aliphatic carbocycles. The fourth-order valence-corrected chi connectivity index (χ4v) is 2.94. The molecular weight excluding hydrogens is 310 g/mol. The summed E-state index contributed by atoms with van der Waals surface area (Å²) >= 11 is 0. The van der Waals surface area contributed by atoms with Crippen molar-refractivity contribution in [2.45, 2.75) is 39.2 Å². The van der Waals surface area contributed by atoms with E-state index in [4.69, 9.17) is 0 Å². The smallest absolute Gasteiger partial charge is 0.123 e. The third-order valence-corrected chi connectivity index (χ3v) is 4.01. The number of benzene rings is 1. The van der Waals surface area contributed by atoms with Gasteiger partial charge < -0.3 is 5.32 Å². The van der Waals surface area contributed by atoms with E-state index >= 15 is 0 Å². The van der Waals surface area contributed by atoms with Crippen molar-refractivity contribution in [3.63, 3.8) is 0 Å². The van der Waals surface area contributed by atoms with Gasteiger partial charge in [0.05, 0.1) is 0 Å². The van der Waals surface area contributed by atoms with Crippen LogP contribution in [0.5, 0.6) is 0 Å². The molecule has 0 radical (unpaired) electrons. The van der Waals surface area contributed by atoms with E-state index in [-0.39, 0.29) is 30.6 Å². The molecule has 1 fully saturated rings. The molecule has 1 aromatic rings. The minimum Gasteiger partial charge on any atom is -0.314 e. The second-order valence-corrected chi connectivity index (χ2v) is 5.44. The van der Waals surface area contributed by atoms with E-state index in [1.165, 1.54) is 24.8 Å². The largest absolute Gasteiger partial charge is 0.314 e. The van der Waals surface area contributed by atoms with Crippen LogP contribution in [-0.2, 0) is 0 Å². The second kappa shape index (κ2) is 10.4. The van der Waals surface area contributed by atoms with Gasteiger partial charge in [-0.1, -0.05) is 25.8 Å². The van der Waals surface area contributed by atoms with Gasteiger partial charge in [-0.2, -0.15) is 0 Å². The number of rotatable bonds is 5. The molecule has 1 saturated heterocycles. The van der Waals surface area contributed by atoms with E-state index in [9.17, 15) is 4.39 Å². The van der Waals surface area contributed by atoms with Crippen molar-refractivity contribution in [3.8, 4) is 0 Å². The number of nitrogens with one attached hydrogen (secondary N) is 1. The summed E-state index contributed by atoms with van der Waals surface area (Å²) in [4.78, 5) is 2.55. The molecule has 122 valence electrons. The lowest BCUT2D eigenvalue weighted by Crippen LogP contribution is -2.45. The summed E-state index contributed by atoms with van der Waals surface area (Å²) in [6, 6.07) is 5.69. The van der Waals surface area contributed by atoms with E-state index in [1.54, 1.807) is 12.1 Å². The fourth-order valence-electron chi connectivity index (χ4n) is 2.94. The number of halogens is 3. The molecule has 1 aliphatic rings. The van der Waals surface area contributed by atoms with Crippen LogP contribution in [-0.4, -0.2) is 31.1 Å². The number of nitrogens with zero attached hydrogens (tertiary/aromatic N) is 1. The van der Waals surface area contributed by atoms with Crippen LogP contribution in [0, 0.1) is 12.7 Å². The van der Waals surface area contributed by atoms with Crippen molar-refractivity contribution >= 4 is 24.8 Å². The van der Waals surface area contributed by atoms with Crippen molar-refractivity contribution in [2.75, 3.05) is 26.2 Å². The normalized spacial score (nSPS) is 16.7. The summed E-state index contributed by atoms with van der Waals surface area (Å²) in [7, 11) is 0. The Balaban J connectivity index is 0.00000200. The second-order valence-electron chi connectivity index (χ2n) is 5.44. The molecule has 2 nitrogen and oxygen atoms in total. The molecule has 1 heterocycles. The highest BCUT2D eigenvalue weighted by molar-refractivity contribution is 5.85. The third kappa shape index (κ3) is 5.74. The van der Waals surface area contributed by atoms with Gasteiger partial charge in [-0.05, 0) is 36.6 Å². The quantitative estimate of drug-likeness (QED) is 0.870. The summed E-state index contributed by atoms with van der Waals surface area (Å²) in [6.45, 7) is 8.55. The van der Waals surface area contributed by atoms with Crippen LogP contribution in [0.15, 0.2) is 18.2 Å². The van der Waals surface area contributed by atoms with Gasteiger partial charge in [0.15, 0.2) is 0 Å². The summed E-state index contributed by atoms with van der Waals surface area (Å²) < 4.78 is 13.3. The van der Waals surface area contributed by atoms with E-state index in [2.05, 4.69) is 17.1 Å². The van der Waals surface area contributed by atoms with Crippen LogP contribution in [0.3, 0.4) is 0 Å². The molecule has 0 aromatic heterocycles. The van der Waals surface area contributed by atoms with Gasteiger partial charge in [0.1, 0.15) is 5.82 Å². The standard InChI is InChI=1S/C16H25FN2.2ClH/c1-3-4-5-16(19-10-8-18-9-11-19)15-7-6-14(17)12-13(15)2;;/h6-7,12,16,18H,3-5,8-11H2,1-2H3;2*1H/t16-;;/m1../s1. The molecule has 0 unspecified atom stereocenters. The lowest BCUT2D eigenvalue weighted by molar-refractivity contribution is 0.162. The maximum Gasteiger partial charge on any atom is 0.123 e. The van der Waals surface area contributed by atoms with E-state index in [0.29, 0.717) is 6.04 Å². The average molecular weight is 337 g/mol. The summed E-state index contributed by atoms with van der Waals surface area (Å²) in [6.07, 6.45) is 3.61. The zero-order valence-electron chi connectivity index (χ0n) is 12.9. The first-order chi connectivity index (χ1) is 9.22. The van der Waals surface area contributed by atoms with Crippen LogP contribution < -0.4 is 5.32 Å². The highest BCUT2D eigenvalue weighted by Gasteiger charge is 2.22. The van der Waals surface area contributed by atoms with Crippen LogP contribution in [0.2, 0.25) is 0 Å². The molecule has 5 heteroatoms. The van der Waals surface area contributed by atoms with Crippen molar-refractivity contribution < 1.29 is 4.39 Å². The SMILES string of the molecule is CCCC[C@H](c1ccc(F)cc1C)N1CCNCC1.Cl.Cl. The Morgan fingerprint density at radius 3 is 2.48 bits per heavy atom. The molecule has 21 heavy (non-hydrogen) atoms. The summed E-state index contributed by atoms with van der Waals surface area (Å²) in [5.41, 5.74) is 2.39. The Morgan fingerprint density at radius 1 is 1.24 bits per heavy atom. The van der Waals surface area contributed by atoms with Crippen molar-refractivity contribution in [1.29, 1.82) is 0 Å². The first-order valence-corrected chi connectivity index (χ1v) is 7.43. The third-order valence-electron chi connectivity index (χ3n) is 4.01. The highest BCUT2D eigenvalue weighted by atomic mass is 35.5. The Labute approximate surface area is 140 Å². The number of hydrogen-bond acceptors (Lipinski definition) is 2. The molecule has 0 bridgehead atoms. The first kappa shape index (κ1) is 20.6. The fraction of sp³-hybridized carbons (Fsp3) is 0.625. The summed E-state index contributed by atoms with van der Waals surface area (Å²) in [5, 5.41) is 3.40. The number of hydrogen-bond donors (Lipinski definition) is 1. The summed E-state index contributed by atoms with van der Waals surface area (Å²) in [5.74, 6) is -0.129. The molecule has 1 N–H and O–H groups in total. The van der Waals surface area contributed by atoms with Gasteiger partial charge in [-0.25, -0.2) is 4.39 Å². The van der Waals surface area contributed by atoms with E-state index in [1.807, 2.05) is 13.0 Å². The van der Waals surface area contributed by atoms with Crippen LogP contribution in [0.25, 0.3) is 0 Å². The number of aryl methyl sites for hydroxylation is 1. The van der Waals surface area contributed by atoms with Crippen LogP contribution in [0.4, 0.5) is 4.39 Å². The van der Waals surface area contributed by atoms with Crippen molar-refractivity contribution in [2.24, 2.45) is 0 Å². The van der Waals surface area contributed by atoms with Gasteiger partial charge in [-0.3, -0.25) is 4.90 Å². The molecule has 0 amide bonds. The zero-order valence-corrected chi connectivity index (χ0v) is 14.5. The first-order valence-electron chi connectivity index (χ1n) is 7.43. The Bertz CT molecular complexity index is 409. The van der Waals surface area contributed by atoms with Crippen LogP contribution in [0.1, 0.15) is 43.4 Å². The van der Waals surface area contributed by atoms with E-state index < -0.39 is 0 Å². The molecule has 1 aromatic carbocycles. The molecule has 1 aliphatic heterocycles. The van der Waals surface area contributed by atoms with Crippen molar-refractivity contribution in [1.82, 2.24) is 10.2 Å². The Hall–Kier alpha value is -0.350. The molecule has 2 rings (SSSR count). The highest BCUT2D eigenvalue weighted by Crippen LogP contribution is 2.29. The van der Waals surface area contributed by atoms with Gasteiger partial charge >= 0.3 is 0 Å². The van der Waals surface area contributed by atoms with Gasteiger partial charge in [0, 0.05) is 32.2 Å². The van der Waals surface area contributed by atoms with E-state index in [0.717, 1.165) is 31.7 Å². The lowest BCUT2D eigenvalue weighted by atomic mass is 9.95. The van der Waals surface area contributed by atoms with Crippen molar-refractivity contribution in [3.05, 3.63) is 35.1 Å². The Kier molecular flexibility index (Phi) is 10.2. The molecule has 1 atom stereocenters. The number of piperazine rings is 1. The predicted molar refractivity (Wildman–Crippen MR) is 92.3 cm³/mol. The Morgan fingerprint density at radius 2 is 1.90 bits per heavy atom. The average Bonchev–Trinajstić information content (AvgIpc) is 2.42. The molecular formula is C16H27Cl2FN2. The maximum atomic E-state index is 13.3. The van der Waals surface area contributed by atoms with Gasteiger partial charge in [0.2, 0.25) is 0 Å². The topological polar surface area (TPSA) is 15.3 Å². The lowest BCUT2D eigenvalue weighted by Gasteiger charge is -2.36. The molecule has 0 spiro atoms. The number of unbranched alkanes of at least 4 members (excludes halogenated alkanes) is 1. The predicted octanol–water partition coefficient (Wildman–Crippen LogP) is 4.11. The van der Waals surface area contributed by atoms with Gasteiger partial charge in [-0.15, -0.1) is 24.8 Å². The van der Waals surface area contributed by atoms with Crippen LogP contribution >= 0.6 is 24.8 Å². The van der Waals surface area contributed by atoms with Gasteiger partial charge in [0.25, 0.3) is 0 Å².